The van der Waals surface area contributed by atoms with Gasteiger partial charge in [-0.2, -0.15) is 0 Å². The van der Waals surface area contributed by atoms with E-state index >= 15 is 0 Å². The highest BCUT2D eigenvalue weighted by Crippen LogP contribution is 2.35. The van der Waals surface area contributed by atoms with Crippen molar-refractivity contribution in [2.24, 2.45) is 0 Å². The van der Waals surface area contributed by atoms with Crippen molar-refractivity contribution < 1.29 is 15.3 Å². The van der Waals surface area contributed by atoms with Crippen LogP contribution in [0.4, 0.5) is 0 Å². The van der Waals surface area contributed by atoms with Gasteiger partial charge in [0.05, 0.1) is 12.7 Å². The van der Waals surface area contributed by atoms with Crippen molar-refractivity contribution in [3.8, 4) is 5.75 Å². The molecule has 4 N–H and O–H groups in total. The number of phenols is 1. The van der Waals surface area contributed by atoms with Crippen LogP contribution in [-0.4, -0.2) is 28.4 Å². The SMILES string of the molecule is CN[C@H]1CCc2c(ccc(O)c2CO)[C@@H]1O. The number of rotatable bonds is 2. The number of aliphatic hydroxyl groups is 2. The lowest BCUT2D eigenvalue weighted by molar-refractivity contribution is 0.118. The summed E-state index contributed by atoms with van der Waals surface area (Å²) < 4.78 is 0. The first-order chi connectivity index (χ1) is 7.69. The lowest BCUT2D eigenvalue weighted by Crippen LogP contribution is -2.36. The van der Waals surface area contributed by atoms with Gasteiger partial charge in [0.2, 0.25) is 0 Å². The molecule has 4 heteroatoms. The van der Waals surface area contributed by atoms with Gasteiger partial charge < -0.3 is 20.6 Å². The Hall–Kier alpha value is -1.10. The van der Waals surface area contributed by atoms with Crippen LogP contribution < -0.4 is 5.32 Å². The molecule has 0 saturated heterocycles. The van der Waals surface area contributed by atoms with Gasteiger partial charge in [0, 0.05) is 11.6 Å². The van der Waals surface area contributed by atoms with Crippen molar-refractivity contribution in [2.75, 3.05) is 7.05 Å². The summed E-state index contributed by atoms with van der Waals surface area (Å²) in [5.74, 6) is 0.108. The average Bonchev–Trinajstić information content (AvgIpc) is 2.29. The van der Waals surface area contributed by atoms with E-state index in [9.17, 15) is 15.3 Å². The summed E-state index contributed by atoms with van der Waals surface area (Å²) >= 11 is 0. The van der Waals surface area contributed by atoms with Gasteiger partial charge in [-0.05, 0) is 37.1 Å². The second-order valence-electron chi connectivity index (χ2n) is 4.17. The molecule has 0 heterocycles. The minimum atomic E-state index is -0.570. The minimum Gasteiger partial charge on any atom is -0.508 e. The van der Waals surface area contributed by atoms with E-state index < -0.39 is 6.10 Å². The second-order valence-corrected chi connectivity index (χ2v) is 4.17. The minimum absolute atomic E-state index is 0.0450. The number of hydrogen-bond donors (Lipinski definition) is 4. The molecule has 0 saturated carbocycles. The Morgan fingerprint density at radius 3 is 2.81 bits per heavy atom. The third-order valence-electron chi connectivity index (χ3n) is 3.38. The maximum Gasteiger partial charge on any atom is 0.121 e. The molecular formula is C12H17NO3. The number of aromatic hydroxyl groups is 1. The number of benzene rings is 1. The number of nitrogens with one attached hydrogen (secondary N) is 1. The monoisotopic (exact) mass is 223 g/mol. The first kappa shape index (κ1) is 11.4. The first-order valence-electron chi connectivity index (χ1n) is 5.48. The summed E-state index contributed by atoms with van der Waals surface area (Å²) in [4.78, 5) is 0. The molecule has 0 spiro atoms. The first-order valence-corrected chi connectivity index (χ1v) is 5.48. The Kier molecular flexibility index (Phi) is 3.14. The molecule has 0 unspecified atom stereocenters. The molecule has 2 rings (SSSR count). The van der Waals surface area contributed by atoms with E-state index in [1.807, 2.05) is 7.05 Å². The van der Waals surface area contributed by atoms with Gasteiger partial charge in [0.25, 0.3) is 0 Å². The molecular weight excluding hydrogens is 206 g/mol. The highest BCUT2D eigenvalue weighted by Gasteiger charge is 2.28. The average molecular weight is 223 g/mol. The van der Waals surface area contributed by atoms with E-state index in [0.29, 0.717) is 5.56 Å². The summed E-state index contributed by atoms with van der Waals surface area (Å²) in [6, 6.07) is 3.31. The van der Waals surface area contributed by atoms with Crippen LogP contribution in [0.5, 0.6) is 5.75 Å². The van der Waals surface area contributed by atoms with E-state index in [2.05, 4.69) is 5.32 Å². The van der Waals surface area contributed by atoms with Crippen molar-refractivity contribution in [1.82, 2.24) is 5.32 Å². The van der Waals surface area contributed by atoms with E-state index in [0.717, 1.165) is 24.0 Å². The molecule has 88 valence electrons. The fourth-order valence-corrected chi connectivity index (χ4v) is 2.42. The smallest absolute Gasteiger partial charge is 0.121 e. The molecule has 16 heavy (non-hydrogen) atoms. The fraction of sp³-hybridized carbons (Fsp3) is 0.500. The molecule has 1 aromatic rings. The molecule has 0 radical (unpaired) electrons. The van der Waals surface area contributed by atoms with Crippen LogP contribution in [0, 0.1) is 0 Å². The molecule has 1 aliphatic rings. The number of hydrogen-bond acceptors (Lipinski definition) is 4. The van der Waals surface area contributed by atoms with Crippen LogP contribution >= 0.6 is 0 Å². The van der Waals surface area contributed by atoms with Gasteiger partial charge in [0.1, 0.15) is 5.75 Å². The third-order valence-corrected chi connectivity index (χ3v) is 3.38. The number of aliphatic hydroxyl groups excluding tert-OH is 2. The Morgan fingerprint density at radius 1 is 1.44 bits per heavy atom. The van der Waals surface area contributed by atoms with Crippen molar-refractivity contribution in [3.63, 3.8) is 0 Å². The van der Waals surface area contributed by atoms with Gasteiger partial charge in [-0.25, -0.2) is 0 Å². The Bertz CT molecular complexity index is 392. The van der Waals surface area contributed by atoms with E-state index in [4.69, 9.17) is 0 Å². The zero-order chi connectivity index (χ0) is 11.7. The Labute approximate surface area is 94.5 Å². The molecule has 1 aromatic carbocycles. The maximum absolute atomic E-state index is 10.1. The molecule has 0 amide bonds. The van der Waals surface area contributed by atoms with E-state index in [1.54, 1.807) is 6.07 Å². The van der Waals surface area contributed by atoms with Crippen LogP contribution in [0.25, 0.3) is 0 Å². The molecule has 0 aromatic heterocycles. The molecule has 0 bridgehead atoms. The van der Waals surface area contributed by atoms with Gasteiger partial charge in [0.15, 0.2) is 0 Å². The number of fused-ring (bicyclic) bond motifs is 1. The zero-order valence-corrected chi connectivity index (χ0v) is 9.27. The molecule has 4 nitrogen and oxygen atoms in total. The quantitative estimate of drug-likeness (QED) is 0.587. The zero-order valence-electron chi connectivity index (χ0n) is 9.27. The third kappa shape index (κ3) is 1.69. The fourth-order valence-electron chi connectivity index (χ4n) is 2.42. The lowest BCUT2D eigenvalue weighted by Gasteiger charge is -2.31. The lowest BCUT2D eigenvalue weighted by atomic mass is 9.83. The van der Waals surface area contributed by atoms with Gasteiger partial charge in [-0.15, -0.1) is 0 Å². The summed E-state index contributed by atoms with van der Waals surface area (Å²) in [7, 11) is 1.83. The largest absolute Gasteiger partial charge is 0.508 e. The second kappa shape index (κ2) is 4.41. The van der Waals surface area contributed by atoms with Crippen LogP contribution in [0.3, 0.4) is 0 Å². The van der Waals surface area contributed by atoms with E-state index in [-0.39, 0.29) is 18.4 Å². The van der Waals surface area contributed by atoms with E-state index in [1.165, 1.54) is 6.07 Å². The Balaban J connectivity index is 2.47. The predicted octanol–water partition coefficient (Wildman–Crippen LogP) is 0.452. The predicted molar refractivity (Wildman–Crippen MR) is 60.2 cm³/mol. The van der Waals surface area contributed by atoms with Crippen molar-refractivity contribution in [3.05, 3.63) is 28.8 Å². The Morgan fingerprint density at radius 2 is 2.19 bits per heavy atom. The van der Waals surface area contributed by atoms with Crippen LogP contribution in [0.15, 0.2) is 12.1 Å². The number of likely N-dealkylation sites (N-methyl/N-ethyl adjacent to an activating group) is 1. The maximum atomic E-state index is 10.1. The molecule has 1 aliphatic carbocycles. The molecule has 2 atom stereocenters. The highest BCUT2D eigenvalue weighted by molar-refractivity contribution is 5.46. The topological polar surface area (TPSA) is 72.7 Å². The summed E-state index contributed by atoms with van der Waals surface area (Å²) in [6.07, 6.45) is 1.00. The molecule has 0 fully saturated rings. The van der Waals surface area contributed by atoms with Crippen molar-refractivity contribution in [2.45, 2.75) is 31.6 Å². The highest BCUT2D eigenvalue weighted by atomic mass is 16.3. The van der Waals surface area contributed by atoms with Gasteiger partial charge in [-0.3, -0.25) is 0 Å². The van der Waals surface area contributed by atoms with Crippen LogP contribution in [0.1, 0.15) is 29.2 Å². The van der Waals surface area contributed by atoms with Crippen molar-refractivity contribution >= 4 is 0 Å². The normalized spacial score (nSPS) is 24.2. The van der Waals surface area contributed by atoms with Gasteiger partial charge >= 0.3 is 0 Å². The standard InChI is InChI=1S/C12H17NO3/c1-13-10-4-2-7-8(12(10)16)3-5-11(15)9(7)6-14/h3,5,10,12-16H,2,4,6H2,1H3/t10-,12-/m0/s1. The summed E-state index contributed by atoms with van der Waals surface area (Å²) in [5, 5.41) is 32.0. The summed E-state index contributed by atoms with van der Waals surface area (Å²) in [5.41, 5.74) is 2.25. The van der Waals surface area contributed by atoms with Crippen LogP contribution in [-0.2, 0) is 13.0 Å². The molecule has 0 aliphatic heterocycles. The van der Waals surface area contributed by atoms with Crippen LogP contribution in [0.2, 0.25) is 0 Å². The van der Waals surface area contributed by atoms with Crippen molar-refractivity contribution in [1.29, 1.82) is 0 Å². The van der Waals surface area contributed by atoms with Gasteiger partial charge in [-0.1, -0.05) is 6.07 Å². The summed E-state index contributed by atoms with van der Waals surface area (Å²) in [6.45, 7) is -0.189.